The molecule has 0 radical (unpaired) electrons. The van der Waals surface area contributed by atoms with Crippen LogP contribution >= 0.6 is 22.7 Å². The summed E-state index contributed by atoms with van der Waals surface area (Å²) < 4.78 is 38.0. The first-order chi connectivity index (χ1) is 30.6. The molecule has 13 heteroatoms. The molecule has 6 aromatic rings. The van der Waals surface area contributed by atoms with Crippen molar-refractivity contribution in [2.75, 3.05) is 39.5 Å². The number of likely N-dealkylation sites (tertiary alicyclic amines) is 2. The molecule has 11 nitrogen and oxygen atoms in total. The Kier molecular flexibility index (Phi) is 12.4. The van der Waals surface area contributed by atoms with E-state index in [9.17, 15) is 0 Å². The van der Waals surface area contributed by atoms with E-state index >= 15 is 4.79 Å². The van der Waals surface area contributed by atoms with Crippen molar-refractivity contribution in [3.05, 3.63) is 141 Å². The Balaban J connectivity index is 0.958. The monoisotopic (exact) mass is 870 g/mol. The standard InChI is InChI=1S/C49H50N4O7S2/c54-47(39(27-55-33-15-3-1-4-16-33)52-25-13-11-19-37(52)35-31-61-48(50-35)45-29-57-41-21-7-9-23-43(41)59-45)40(28-56-34-17-5-2-6-18-34)53-26-14-12-20-38(53)36-32-62-49(51-36)46-30-58-42-22-8-10-24-44(42)60-46/h1-10,15-18,21-24,31-32,37-40,45-46H,11-14,19-20,25-30H2/t37-,38-,39?,40?,45?,46?/m1/s1. The fraction of sp³-hybridized carbons (Fsp3) is 0.367. The number of hydrogen-bond donors (Lipinski definition) is 0. The Labute approximate surface area is 370 Å². The van der Waals surface area contributed by atoms with Gasteiger partial charge in [0.25, 0.3) is 0 Å². The summed E-state index contributed by atoms with van der Waals surface area (Å²) in [6, 6.07) is 33.7. The number of carbonyl (C=O) groups excluding carboxylic acids is 1. The quantitative estimate of drug-likeness (QED) is 0.105. The molecule has 4 aromatic carbocycles. The molecule has 0 bridgehead atoms. The number of carbonyl (C=O) groups is 1. The second-order valence-corrected chi connectivity index (χ2v) is 17.9. The molecule has 4 unspecified atom stereocenters. The number of aromatic nitrogens is 2. The van der Waals surface area contributed by atoms with Gasteiger partial charge in [-0.3, -0.25) is 14.6 Å². The first kappa shape index (κ1) is 40.6. The zero-order chi connectivity index (χ0) is 41.7. The number of benzene rings is 4. The van der Waals surface area contributed by atoms with Crippen LogP contribution in [0.25, 0.3) is 0 Å². The highest BCUT2D eigenvalue weighted by Gasteiger charge is 2.44. The number of ketones is 1. The van der Waals surface area contributed by atoms with Gasteiger partial charge in [0, 0.05) is 10.8 Å². The van der Waals surface area contributed by atoms with Crippen LogP contribution in [0.4, 0.5) is 0 Å². The van der Waals surface area contributed by atoms with Crippen molar-refractivity contribution in [2.24, 2.45) is 0 Å². The van der Waals surface area contributed by atoms with Crippen molar-refractivity contribution in [1.29, 1.82) is 0 Å². The van der Waals surface area contributed by atoms with Gasteiger partial charge in [0.1, 0.15) is 60.0 Å². The minimum absolute atomic E-state index is 0.0720. The topological polar surface area (TPSA) is 105 Å². The first-order valence-electron chi connectivity index (χ1n) is 21.7. The summed E-state index contributed by atoms with van der Waals surface area (Å²) in [5, 5.41) is 6.01. The summed E-state index contributed by atoms with van der Waals surface area (Å²) >= 11 is 3.18. The number of piperidine rings is 2. The predicted octanol–water partition coefficient (Wildman–Crippen LogP) is 9.84. The third kappa shape index (κ3) is 8.90. The molecule has 4 aliphatic rings. The van der Waals surface area contributed by atoms with Gasteiger partial charge in [-0.05, 0) is 87.3 Å². The van der Waals surface area contributed by atoms with E-state index < -0.39 is 12.1 Å². The Hall–Kier alpha value is -5.47. The maximum absolute atomic E-state index is 15.8. The van der Waals surface area contributed by atoms with Crippen molar-refractivity contribution in [1.82, 2.24) is 19.8 Å². The minimum atomic E-state index is -0.586. The van der Waals surface area contributed by atoms with Crippen LogP contribution in [-0.4, -0.2) is 77.2 Å². The third-order valence-corrected chi connectivity index (χ3v) is 14.1. The summed E-state index contributed by atoms with van der Waals surface area (Å²) in [6.45, 7) is 2.63. The second-order valence-electron chi connectivity index (χ2n) is 16.1. The fourth-order valence-corrected chi connectivity index (χ4v) is 10.8. The van der Waals surface area contributed by atoms with Gasteiger partial charge < -0.3 is 28.4 Å². The number of ether oxygens (including phenoxy) is 6. The average molecular weight is 871 g/mol. The number of Topliss-reactive ketones (excluding diaryl/α,β-unsaturated/α-hetero) is 1. The molecular formula is C49H50N4O7S2. The van der Waals surface area contributed by atoms with Gasteiger partial charge in [-0.2, -0.15) is 0 Å². The smallest absolute Gasteiger partial charge is 0.184 e. The maximum atomic E-state index is 15.8. The molecule has 2 saturated heterocycles. The SMILES string of the molecule is O=C(C(COc1ccccc1)N1CCCC[C@@H]1c1csc(C2COc3ccccc3O2)n1)C(COc1ccccc1)N1CCCC[C@@H]1c1csc(C2COc3ccccc3O2)n1. The van der Waals surface area contributed by atoms with Crippen LogP contribution in [-0.2, 0) is 4.79 Å². The van der Waals surface area contributed by atoms with Gasteiger partial charge in [-0.15, -0.1) is 22.7 Å². The van der Waals surface area contributed by atoms with Crippen LogP contribution in [0.5, 0.6) is 34.5 Å². The number of rotatable bonds is 14. The van der Waals surface area contributed by atoms with Crippen molar-refractivity contribution in [3.63, 3.8) is 0 Å². The van der Waals surface area contributed by atoms with Gasteiger partial charge in [0.2, 0.25) is 0 Å². The molecular weight excluding hydrogens is 821 g/mol. The molecule has 0 amide bonds. The second kappa shape index (κ2) is 18.9. The fourth-order valence-electron chi connectivity index (χ4n) is 9.06. The number of fused-ring (bicyclic) bond motifs is 2. The molecule has 10 rings (SSSR count). The Morgan fingerprint density at radius 3 is 1.45 bits per heavy atom. The Bertz CT molecular complexity index is 2250. The summed E-state index contributed by atoms with van der Waals surface area (Å²) in [4.78, 5) is 31.0. The highest BCUT2D eigenvalue weighted by molar-refractivity contribution is 7.10. The molecule has 62 heavy (non-hydrogen) atoms. The lowest BCUT2D eigenvalue weighted by Gasteiger charge is -2.44. The third-order valence-electron chi connectivity index (χ3n) is 12.2. The summed E-state index contributed by atoms with van der Waals surface area (Å²) in [5.74, 6) is 4.46. The Morgan fingerprint density at radius 1 is 0.581 bits per heavy atom. The van der Waals surface area contributed by atoms with E-state index in [2.05, 4.69) is 20.6 Å². The molecule has 2 fully saturated rings. The van der Waals surface area contributed by atoms with Gasteiger partial charge in [-0.1, -0.05) is 73.5 Å². The van der Waals surface area contributed by atoms with Crippen LogP contribution in [0.2, 0.25) is 0 Å². The van der Waals surface area contributed by atoms with E-state index in [1.165, 1.54) is 0 Å². The molecule has 4 aliphatic heterocycles. The van der Waals surface area contributed by atoms with Crippen LogP contribution in [0.15, 0.2) is 120 Å². The average Bonchev–Trinajstić information content (AvgIpc) is 4.04. The summed E-state index contributed by atoms with van der Waals surface area (Å²) in [5.41, 5.74) is 1.90. The largest absolute Gasteiger partial charge is 0.491 e. The number of nitrogens with zero attached hydrogens (tertiary/aromatic N) is 4. The number of para-hydroxylation sites is 6. The van der Waals surface area contributed by atoms with Gasteiger partial charge >= 0.3 is 0 Å². The number of hydrogen-bond acceptors (Lipinski definition) is 13. The van der Waals surface area contributed by atoms with Crippen molar-refractivity contribution >= 4 is 28.5 Å². The van der Waals surface area contributed by atoms with E-state index in [1.54, 1.807) is 22.7 Å². The molecule has 6 heterocycles. The zero-order valence-corrected chi connectivity index (χ0v) is 36.1. The molecule has 0 spiro atoms. The van der Waals surface area contributed by atoms with Crippen LogP contribution in [0.1, 0.15) is 84.2 Å². The van der Waals surface area contributed by atoms with Gasteiger partial charge in [0.15, 0.2) is 41.0 Å². The lowest BCUT2D eigenvalue weighted by molar-refractivity contribution is -0.136. The predicted molar refractivity (Wildman–Crippen MR) is 238 cm³/mol. The zero-order valence-electron chi connectivity index (χ0n) is 34.5. The van der Waals surface area contributed by atoms with Crippen LogP contribution in [0.3, 0.4) is 0 Å². The first-order valence-corrected chi connectivity index (χ1v) is 23.5. The molecule has 320 valence electrons. The molecule has 0 saturated carbocycles. The van der Waals surface area contributed by atoms with E-state index in [-0.39, 0.29) is 43.3 Å². The normalized spacial score (nSPS) is 22.3. The summed E-state index contributed by atoms with van der Waals surface area (Å²) in [7, 11) is 0. The lowest BCUT2D eigenvalue weighted by atomic mass is 9.91. The van der Waals surface area contributed by atoms with E-state index in [0.29, 0.717) is 13.2 Å². The lowest BCUT2D eigenvalue weighted by Crippen LogP contribution is -2.58. The Morgan fingerprint density at radius 2 is 1.00 bits per heavy atom. The summed E-state index contributed by atoms with van der Waals surface area (Å²) in [6.07, 6.45) is 5.13. The van der Waals surface area contributed by atoms with Crippen molar-refractivity contribution < 1.29 is 33.2 Å². The van der Waals surface area contributed by atoms with Crippen molar-refractivity contribution in [3.8, 4) is 34.5 Å². The number of thiazole rings is 2. The van der Waals surface area contributed by atoms with Gasteiger partial charge in [0.05, 0.1) is 23.5 Å². The molecule has 6 atom stereocenters. The van der Waals surface area contributed by atoms with E-state index in [4.69, 9.17) is 38.4 Å². The minimum Gasteiger partial charge on any atom is -0.491 e. The van der Waals surface area contributed by atoms with Crippen molar-refractivity contribution in [2.45, 2.75) is 74.9 Å². The van der Waals surface area contributed by atoms with Gasteiger partial charge in [-0.25, -0.2) is 9.97 Å². The maximum Gasteiger partial charge on any atom is 0.184 e. The highest BCUT2D eigenvalue weighted by Crippen LogP contribution is 2.42. The highest BCUT2D eigenvalue weighted by atomic mass is 32.1. The molecule has 0 N–H and O–H groups in total. The van der Waals surface area contributed by atoms with E-state index in [1.807, 2.05) is 109 Å². The molecule has 2 aromatic heterocycles. The van der Waals surface area contributed by atoms with Crippen LogP contribution in [0, 0.1) is 0 Å². The van der Waals surface area contributed by atoms with Crippen LogP contribution < -0.4 is 28.4 Å². The van der Waals surface area contributed by atoms with E-state index in [0.717, 1.165) is 108 Å². The molecule has 0 aliphatic carbocycles.